The van der Waals surface area contributed by atoms with Gasteiger partial charge in [-0.2, -0.15) is 0 Å². The van der Waals surface area contributed by atoms with Gasteiger partial charge in [0.25, 0.3) is 5.91 Å². The number of benzene rings is 2. The Morgan fingerprint density at radius 2 is 2.00 bits per heavy atom. The molecule has 0 fully saturated rings. The maximum atomic E-state index is 12.6. The minimum Gasteiger partial charge on any atom is -0.497 e. The van der Waals surface area contributed by atoms with Crippen molar-refractivity contribution in [3.8, 4) is 5.75 Å². The SMILES string of the molecule is COc1ccc([C@@H]2Cn3nnc(C(=O)Nc4ccc(Cl)c(Cl)c4)c3CO2)cc1. The van der Waals surface area contributed by atoms with Gasteiger partial charge in [-0.1, -0.05) is 40.5 Å². The van der Waals surface area contributed by atoms with Crippen molar-refractivity contribution < 1.29 is 14.3 Å². The van der Waals surface area contributed by atoms with Crippen LogP contribution in [-0.4, -0.2) is 28.0 Å². The molecule has 0 bridgehead atoms. The normalized spacial score (nSPS) is 15.8. The number of carbonyl (C=O) groups is 1. The van der Waals surface area contributed by atoms with Crippen LogP contribution in [0.25, 0.3) is 0 Å². The van der Waals surface area contributed by atoms with Gasteiger partial charge in [0.15, 0.2) is 5.69 Å². The lowest BCUT2D eigenvalue weighted by molar-refractivity contribution is -0.00173. The second-order valence-electron chi connectivity index (χ2n) is 6.22. The van der Waals surface area contributed by atoms with Crippen molar-refractivity contribution in [3.05, 3.63) is 69.5 Å². The van der Waals surface area contributed by atoms with Crippen LogP contribution >= 0.6 is 23.2 Å². The van der Waals surface area contributed by atoms with E-state index >= 15 is 0 Å². The summed E-state index contributed by atoms with van der Waals surface area (Å²) in [6.07, 6.45) is -0.175. The van der Waals surface area contributed by atoms with E-state index < -0.39 is 0 Å². The van der Waals surface area contributed by atoms with Crippen molar-refractivity contribution in [2.75, 3.05) is 12.4 Å². The molecular formula is C19H16Cl2N4O3. The molecule has 1 amide bonds. The molecule has 0 unspecified atom stereocenters. The molecule has 0 radical (unpaired) electrons. The highest BCUT2D eigenvalue weighted by molar-refractivity contribution is 6.42. The van der Waals surface area contributed by atoms with Gasteiger partial charge in [0.2, 0.25) is 0 Å². The molecule has 0 saturated heterocycles. The number of halogens is 2. The molecule has 2 aromatic carbocycles. The van der Waals surface area contributed by atoms with Gasteiger partial charge < -0.3 is 14.8 Å². The monoisotopic (exact) mass is 418 g/mol. The third-order valence-electron chi connectivity index (χ3n) is 4.48. The van der Waals surface area contributed by atoms with E-state index in [4.69, 9.17) is 32.7 Å². The second kappa shape index (κ2) is 7.79. The lowest BCUT2D eigenvalue weighted by Gasteiger charge is -2.24. The second-order valence-corrected chi connectivity index (χ2v) is 7.04. The highest BCUT2D eigenvalue weighted by Gasteiger charge is 2.27. The zero-order valence-corrected chi connectivity index (χ0v) is 16.4. The highest BCUT2D eigenvalue weighted by Crippen LogP contribution is 2.29. The number of nitrogens with one attached hydrogen (secondary N) is 1. The van der Waals surface area contributed by atoms with Crippen molar-refractivity contribution in [3.63, 3.8) is 0 Å². The van der Waals surface area contributed by atoms with Crippen molar-refractivity contribution in [1.82, 2.24) is 15.0 Å². The summed E-state index contributed by atoms with van der Waals surface area (Å²) in [7, 11) is 1.62. The predicted molar refractivity (Wildman–Crippen MR) is 105 cm³/mol. The minimum atomic E-state index is -0.383. The van der Waals surface area contributed by atoms with E-state index in [2.05, 4.69) is 15.6 Å². The molecular weight excluding hydrogens is 403 g/mol. The number of rotatable bonds is 4. The van der Waals surface area contributed by atoms with Gasteiger partial charge in [0, 0.05) is 5.69 Å². The first-order chi connectivity index (χ1) is 13.5. The maximum absolute atomic E-state index is 12.6. The smallest absolute Gasteiger partial charge is 0.278 e. The fourth-order valence-electron chi connectivity index (χ4n) is 2.97. The van der Waals surface area contributed by atoms with E-state index in [0.29, 0.717) is 28.0 Å². The van der Waals surface area contributed by atoms with Crippen LogP contribution in [0.3, 0.4) is 0 Å². The summed E-state index contributed by atoms with van der Waals surface area (Å²) >= 11 is 11.9. The fourth-order valence-corrected chi connectivity index (χ4v) is 3.27. The summed E-state index contributed by atoms with van der Waals surface area (Å²) in [6.45, 7) is 0.697. The largest absolute Gasteiger partial charge is 0.497 e. The Kier molecular flexibility index (Phi) is 5.21. The zero-order valence-electron chi connectivity index (χ0n) is 14.9. The quantitative estimate of drug-likeness (QED) is 0.689. The Bertz CT molecular complexity index is 1020. The topological polar surface area (TPSA) is 78.3 Å². The number of hydrogen-bond donors (Lipinski definition) is 1. The molecule has 3 aromatic rings. The Morgan fingerprint density at radius 3 is 2.71 bits per heavy atom. The summed E-state index contributed by atoms with van der Waals surface area (Å²) < 4.78 is 12.8. The highest BCUT2D eigenvalue weighted by atomic mass is 35.5. The Labute approximate surface area is 171 Å². The van der Waals surface area contributed by atoms with Gasteiger partial charge in [-0.15, -0.1) is 5.10 Å². The Hall–Kier alpha value is -2.61. The molecule has 1 N–H and O–H groups in total. The third kappa shape index (κ3) is 3.69. The fraction of sp³-hybridized carbons (Fsp3) is 0.211. The molecule has 0 saturated carbocycles. The summed E-state index contributed by atoms with van der Waals surface area (Å²) in [5, 5.41) is 11.7. The number of hydrogen-bond acceptors (Lipinski definition) is 5. The van der Waals surface area contributed by atoms with Crippen LogP contribution in [0.2, 0.25) is 10.0 Å². The lowest BCUT2D eigenvalue weighted by Crippen LogP contribution is -2.24. The number of fused-ring (bicyclic) bond motifs is 1. The molecule has 2 heterocycles. The van der Waals surface area contributed by atoms with Crippen LogP contribution in [-0.2, 0) is 17.9 Å². The number of aromatic nitrogens is 3. The van der Waals surface area contributed by atoms with Crippen molar-refractivity contribution >= 4 is 34.8 Å². The van der Waals surface area contributed by atoms with Crippen molar-refractivity contribution in [2.24, 2.45) is 0 Å². The Balaban J connectivity index is 1.49. The van der Waals surface area contributed by atoms with E-state index in [-0.39, 0.29) is 24.3 Å². The van der Waals surface area contributed by atoms with Crippen LogP contribution in [0.1, 0.15) is 27.8 Å². The first-order valence-electron chi connectivity index (χ1n) is 8.49. The molecule has 144 valence electrons. The Morgan fingerprint density at radius 1 is 1.21 bits per heavy atom. The molecule has 4 rings (SSSR count). The molecule has 1 aromatic heterocycles. The zero-order chi connectivity index (χ0) is 19.7. The van der Waals surface area contributed by atoms with Gasteiger partial charge in [-0.3, -0.25) is 4.79 Å². The number of nitrogens with zero attached hydrogens (tertiary/aromatic N) is 3. The molecule has 9 heteroatoms. The number of methoxy groups -OCH3 is 1. The number of carbonyl (C=O) groups excluding carboxylic acids is 1. The van der Waals surface area contributed by atoms with Gasteiger partial charge >= 0.3 is 0 Å². The van der Waals surface area contributed by atoms with Gasteiger partial charge in [-0.25, -0.2) is 4.68 Å². The van der Waals surface area contributed by atoms with E-state index in [1.54, 1.807) is 30.0 Å². The van der Waals surface area contributed by atoms with Crippen LogP contribution in [0.15, 0.2) is 42.5 Å². The van der Waals surface area contributed by atoms with Gasteiger partial charge in [-0.05, 0) is 35.9 Å². The van der Waals surface area contributed by atoms with Crippen molar-refractivity contribution in [1.29, 1.82) is 0 Å². The van der Waals surface area contributed by atoms with E-state index in [9.17, 15) is 4.79 Å². The van der Waals surface area contributed by atoms with Gasteiger partial charge in [0.1, 0.15) is 11.9 Å². The van der Waals surface area contributed by atoms with E-state index in [1.807, 2.05) is 24.3 Å². The first-order valence-corrected chi connectivity index (χ1v) is 9.25. The average Bonchev–Trinajstić information content (AvgIpc) is 3.14. The van der Waals surface area contributed by atoms with Crippen LogP contribution in [0.5, 0.6) is 5.75 Å². The third-order valence-corrected chi connectivity index (χ3v) is 5.22. The van der Waals surface area contributed by atoms with E-state index in [0.717, 1.165) is 11.3 Å². The molecule has 0 spiro atoms. The molecule has 1 aliphatic rings. The molecule has 7 nitrogen and oxygen atoms in total. The molecule has 1 atom stereocenters. The number of ether oxygens (including phenoxy) is 2. The average molecular weight is 419 g/mol. The number of amides is 1. The van der Waals surface area contributed by atoms with Crippen LogP contribution in [0.4, 0.5) is 5.69 Å². The molecule has 28 heavy (non-hydrogen) atoms. The summed E-state index contributed by atoms with van der Waals surface area (Å²) in [5.74, 6) is 0.397. The summed E-state index contributed by atoms with van der Waals surface area (Å²) in [6, 6.07) is 12.5. The molecule has 0 aliphatic carbocycles. The first kappa shape index (κ1) is 18.7. The van der Waals surface area contributed by atoms with E-state index in [1.165, 1.54) is 0 Å². The van der Waals surface area contributed by atoms with Crippen molar-refractivity contribution in [2.45, 2.75) is 19.3 Å². The maximum Gasteiger partial charge on any atom is 0.278 e. The summed E-state index contributed by atoms with van der Waals surface area (Å²) in [4.78, 5) is 12.6. The predicted octanol–water partition coefficient (Wildman–Crippen LogP) is 4.12. The number of anilines is 1. The summed E-state index contributed by atoms with van der Waals surface area (Å²) in [5.41, 5.74) is 2.37. The van der Waals surface area contributed by atoms with Crippen LogP contribution in [0, 0.1) is 0 Å². The molecule has 1 aliphatic heterocycles. The lowest BCUT2D eigenvalue weighted by atomic mass is 10.1. The van der Waals surface area contributed by atoms with Gasteiger partial charge in [0.05, 0.1) is 36.0 Å². The standard InChI is InChI=1S/C19H16Cl2N4O3/c1-27-13-5-2-11(3-6-13)17-9-25-16(10-28-17)18(23-24-25)19(26)22-12-4-7-14(20)15(21)8-12/h2-8,17H,9-10H2,1H3,(H,22,26)/t17-/m0/s1. The minimum absolute atomic E-state index is 0.175. The van der Waals surface area contributed by atoms with Crippen LogP contribution < -0.4 is 10.1 Å².